The molecule has 0 bridgehead atoms. The Morgan fingerprint density at radius 1 is 1.00 bits per heavy atom. The van der Waals surface area contributed by atoms with Gasteiger partial charge in [-0.2, -0.15) is 13.2 Å². The summed E-state index contributed by atoms with van der Waals surface area (Å²) in [5, 5.41) is 0. The first kappa shape index (κ1) is 11.4. The zero-order valence-electron chi connectivity index (χ0n) is 6.68. The van der Waals surface area contributed by atoms with Crippen LogP contribution in [0.5, 0.6) is 0 Å². The van der Waals surface area contributed by atoms with Crippen LogP contribution in [0, 0.1) is 12.8 Å². The summed E-state index contributed by atoms with van der Waals surface area (Å²) in [6, 6.07) is 4.36. The molecule has 0 amide bonds. The number of terminal acetylenes is 1. The summed E-state index contributed by atoms with van der Waals surface area (Å²) in [6.45, 7) is 0. The smallest absolute Gasteiger partial charge is 0.399 e. The normalized spacial score (nSPS) is 9.92. The van der Waals surface area contributed by atoms with Crippen LogP contribution in [0.2, 0.25) is 0 Å². The minimum absolute atomic E-state index is 0.331. The largest absolute Gasteiger partial charge is 0.416 e. The Morgan fingerprint density at radius 3 is 1.69 bits per heavy atom. The summed E-state index contributed by atoms with van der Waals surface area (Å²) in [5.74, 6) is 0. The Labute approximate surface area is 74.4 Å². The van der Waals surface area contributed by atoms with E-state index in [1.807, 2.05) is 0 Å². The van der Waals surface area contributed by atoms with Crippen LogP contribution in [0.25, 0.3) is 0 Å². The summed E-state index contributed by atoms with van der Waals surface area (Å²) in [6.07, 6.45) is 3.73. The van der Waals surface area contributed by atoms with Gasteiger partial charge in [0.05, 0.1) is 5.56 Å². The fraction of sp³-hybridized carbons (Fsp3) is 0.111. The molecule has 0 aliphatic heterocycles. The second kappa shape index (κ2) is 4.41. The van der Waals surface area contributed by atoms with Gasteiger partial charge in [-0.05, 0) is 24.3 Å². The maximum Gasteiger partial charge on any atom is 0.416 e. The number of rotatable bonds is 0. The predicted molar refractivity (Wildman–Crippen MR) is 45.7 cm³/mol. The molecule has 0 atom stereocenters. The van der Waals surface area contributed by atoms with E-state index in [0.29, 0.717) is 5.69 Å². The van der Waals surface area contributed by atoms with Crippen molar-refractivity contribution in [2.75, 3.05) is 5.73 Å². The molecule has 0 saturated carbocycles. The van der Waals surface area contributed by atoms with Crippen molar-refractivity contribution in [3.63, 3.8) is 0 Å². The summed E-state index contributed by atoms with van der Waals surface area (Å²) in [5.41, 5.74) is 4.86. The van der Waals surface area contributed by atoms with E-state index < -0.39 is 11.7 Å². The van der Waals surface area contributed by atoms with E-state index in [9.17, 15) is 13.2 Å². The lowest BCUT2D eigenvalue weighted by atomic mass is 10.2. The third kappa shape index (κ3) is 3.52. The molecule has 1 nitrogen and oxygen atoms in total. The first-order chi connectivity index (χ1) is 6.00. The van der Waals surface area contributed by atoms with Gasteiger partial charge in [-0.15, -0.1) is 12.8 Å². The van der Waals surface area contributed by atoms with Crippen LogP contribution in [0.1, 0.15) is 5.56 Å². The average molecular weight is 187 g/mol. The topological polar surface area (TPSA) is 26.0 Å². The molecule has 0 heterocycles. The van der Waals surface area contributed by atoms with Crippen molar-refractivity contribution in [2.24, 2.45) is 0 Å². The molecular formula is C9H8F3N. The van der Waals surface area contributed by atoms with E-state index in [-0.39, 0.29) is 0 Å². The minimum atomic E-state index is -4.27. The van der Waals surface area contributed by atoms with Crippen molar-refractivity contribution >= 4 is 5.69 Å². The Morgan fingerprint density at radius 2 is 1.38 bits per heavy atom. The number of halogens is 3. The number of anilines is 1. The number of alkyl halides is 3. The number of benzene rings is 1. The van der Waals surface area contributed by atoms with Gasteiger partial charge in [0.15, 0.2) is 0 Å². The van der Waals surface area contributed by atoms with Crippen molar-refractivity contribution in [3.05, 3.63) is 29.8 Å². The second-order valence-electron chi connectivity index (χ2n) is 2.12. The first-order valence-electron chi connectivity index (χ1n) is 3.26. The van der Waals surface area contributed by atoms with Gasteiger partial charge in [0.1, 0.15) is 0 Å². The van der Waals surface area contributed by atoms with Crippen LogP contribution in [0.3, 0.4) is 0 Å². The quantitative estimate of drug-likeness (QED) is 0.490. The van der Waals surface area contributed by atoms with Gasteiger partial charge >= 0.3 is 6.18 Å². The van der Waals surface area contributed by atoms with Crippen LogP contribution < -0.4 is 5.73 Å². The molecule has 2 N–H and O–H groups in total. The van der Waals surface area contributed by atoms with Crippen molar-refractivity contribution in [1.82, 2.24) is 0 Å². The third-order valence-corrected chi connectivity index (χ3v) is 1.24. The zero-order chi connectivity index (χ0) is 10.5. The van der Waals surface area contributed by atoms with Crippen LogP contribution in [0.4, 0.5) is 18.9 Å². The third-order valence-electron chi connectivity index (χ3n) is 1.24. The van der Waals surface area contributed by atoms with E-state index in [4.69, 9.17) is 5.73 Å². The molecule has 0 aromatic heterocycles. The number of nitrogens with two attached hydrogens (primary N) is 1. The highest BCUT2D eigenvalue weighted by Gasteiger charge is 2.29. The summed E-state index contributed by atoms with van der Waals surface area (Å²) < 4.78 is 35.6. The lowest BCUT2D eigenvalue weighted by molar-refractivity contribution is -0.137. The zero-order valence-corrected chi connectivity index (χ0v) is 6.68. The van der Waals surface area contributed by atoms with Crippen molar-refractivity contribution in [1.29, 1.82) is 0 Å². The highest BCUT2D eigenvalue weighted by molar-refractivity contribution is 5.39. The molecule has 0 unspecified atom stereocenters. The van der Waals surface area contributed by atoms with Crippen molar-refractivity contribution in [2.45, 2.75) is 6.18 Å². The van der Waals surface area contributed by atoms with E-state index in [1.165, 1.54) is 12.1 Å². The predicted octanol–water partition coefficient (Wildman–Crippen LogP) is 2.54. The highest BCUT2D eigenvalue weighted by Crippen LogP contribution is 2.29. The Bertz CT molecular complexity index is 271. The fourth-order valence-electron chi connectivity index (χ4n) is 0.672. The maximum atomic E-state index is 11.9. The molecule has 1 aromatic rings. The Hall–Kier alpha value is -1.63. The molecule has 0 fully saturated rings. The van der Waals surface area contributed by atoms with Crippen LogP contribution in [-0.4, -0.2) is 0 Å². The number of nitrogen functional groups attached to an aromatic ring is 1. The monoisotopic (exact) mass is 187 g/mol. The Kier molecular flexibility index (Phi) is 3.86. The standard InChI is InChI=1S/C7H6F3N.C2H2/c8-7(9,10)5-1-3-6(11)4-2-5;1-2/h1-4H,11H2;1-2H. The van der Waals surface area contributed by atoms with E-state index in [0.717, 1.165) is 12.1 Å². The molecule has 0 aliphatic rings. The van der Waals surface area contributed by atoms with Gasteiger partial charge in [0.25, 0.3) is 0 Å². The van der Waals surface area contributed by atoms with Gasteiger partial charge < -0.3 is 5.73 Å². The first-order valence-corrected chi connectivity index (χ1v) is 3.26. The molecule has 13 heavy (non-hydrogen) atoms. The lowest BCUT2D eigenvalue weighted by Crippen LogP contribution is -2.04. The SMILES string of the molecule is C#C.Nc1ccc(C(F)(F)F)cc1. The minimum Gasteiger partial charge on any atom is -0.399 e. The molecule has 1 rings (SSSR count). The lowest BCUT2D eigenvalue weighted by Gasteiger charge is -2.05. The second-order valence-corrected chi connectivity index (χ2v) is 2.12. The molecule has 0 radical (unpaired) electrons. The molecule has 1 aromatic carbocycles. The van der Waals surface area contributed by atoms with Gasteiger partial charge in [-0.3, -0.25) is 0 Å². The van der Waals surface area contributed by atoms with E-state index >= 15 is 0 Å². The summed E-state index contributed by atoms with van der Waals surface area (Å²) >= 11 is 0. The fourth-order valence-corrected chi connectivity index (χ4v) is 0.672. The van der Waals surface area contributed by atoms with Gasteiger partial charge in [0, 0.05) is 5.69 Å². The number of hydrogen-bond donors (Lipinski definition) is 1. The van der Waals surface area contributed by atoms with E-state index in [2.05, 4.69) is 12.8 Å². The average Bonchev–Trinajstić information content (AvgIpc) is 2.07. The van der Waals surface area contributed by atoms with Gasteiger partial charge in [-0.1, -0.05) is 0 Å². The molecule has 70 valence electrons. The maximum absolute atomic E-state index is 11.9. The van der Waals surface area contributed by atoms with E-state index in [1.54, 1.807) is 0 Å². The van der Waals surface area contributed by atoms with Crippen molar-refractivity contribution < 1.29 is 13.2 Å². The Balaban J connectivity index is 0.000000671. The van der Waals surface area contributed by atoms with Crippen LogP contribution in [-0.2, 0) is 6.18 Å². The summed E-state index contributed by atoms with van der Waals surface area (Å²) in [4.78, 5) is 0. The molecule has 4 heteroatoms. The number of hydrogen-bond acceptors (Lipinski definition) is 1. The van der Waals surface area contributed by atoms with Crippen LogP contribution in [0.15, 0.2) is 24.3 Å². The molecular weight excluding hydrogens is 179 g/mol. The molecule has 0 aliphatic carbocycles. The van der Waals surface area contributed by atoms with Crippen LogP contribution >= 0.6 is 0 Å². The van der Waals surface area contributed by atoms with Crippen molar-refractivity contribution in [3.8, 4) is 12.8 Å². The van der Waals surface area contributed by atoms with Gasteiger partial charge in [-0.25, -0.2) is 0 Å². The highest BCUT2D eigenvalue weighted by atomic mass is 19.4. The van der Waals surface area contributed by atoms with Gasteiger partial charge in [0.2, 0.25) is 0 Å². The summed E-state index contributed by atoms with van der Waals surface area (Å²) in [7, 11) is 0. The molecule has 0 saturated heterocycles. The molecule has 0 spiro atoms.